The van der Waals surface area contributed by atoms with Gasteiger partial charge in [0.15, 0.2) is 0 Å². The molecule has 6 nitrogen and oxygen atoms in total. The van der Waals surface area contributed by atoms with Crippen LogP contribution in [-0.2, 0) is 14.3 Å². The lowest BCUT2D eigenvalue weighted by Gasteiger charge is -2.33. The monoisotopic (exact) mass is 357 g/mol. The number of pyridine rings is 1. The Labute approximate surface area is 154 Å². The van der Waals surface area contributed by atoms with E-state index in [4.69, 9.17) is 4.74 Å². The van der Waals surface area contributed by atoms with E-state index in [0.29, 0.717) is 12.4 Å². The molecule has 0 bridgehead atoms. The van der Waals surface area contributed by atoms with Crippen LogP contribution in [0.1, 0.15) is 37.7 Å². The highest BCUT2D eigenvalue weighted by Gasteiger charge is 2.59. The molecule has 140 valence electrons. The first-order valence-electron chi connectivity index (χ1n) is 9.67. The van der Waals surface area contributed by atoms with Crippen molar-refractivity contribution in [3.05, 3.63) is 23.9 Å². The van der Waals surface area contributed by atoms with Gasteiger partial charge < -0.3 is 15.0 Å². The number of ether oxygens (including phenoxy) is 1. The number of likely N-dealkylation sites (tertiary alicyclic amines) is 1. The molecule has 26 heavy (non-hydrogen) atoms. The molecule has 2 aliphatic heterocycles. The largest absolute Gasteiger partial charge is 0.381 e. The molecule has 1 aromatic heterocycles. The Hall–Kier alpha value is -1.95. The van der Waals surface area contributed by atoms with Gasteiger partial charge in [-0.25, -0.2) is 4.98 Å². The lowest BCUT2D eigenvalue weighted by Crippen LogP contribution is -2.45. The minimum absolute atomic E-state index is 0.0320. The minimum Gasteiger partial charge on any atom is -0.381 e. The van der Waals surface area contributed by atoms with E-state index in [-0.39, 0.29) is 29.1 Å². The number of aromatic nitrogens is 1. The van der Waals surface area contributed by atoms with Crippen molar-refractivity contribution >= 4 is 17.6 Å². The van der Waals surface area contributed by atoms with Crippen molar-refractivity contribution < 1.29 is 14.3 Å². The van der Waals surface area contributed by atoms with Gasteiger partial charge in [-0.3, -0.25) is 9.59 Å². The number of anilines is 1. The van der Waals surface area contributed by atoms with E-state index in [0.717, 1.165) is 57.4 Å². The molecule has 3 aliphatic rings. The van der Waals surface area contributed by atoms with Gasteiger partial charge in [-0.2, -0.15) is 0 Å². The molecule has 1 aromatic rings. The third kappa shape index (κ3) is 3.47. The second-order valence-electron chi connectivity index (χ2n) is 8.06. The van der Waals surface area contributed by atoms with Crippen molar-refractivity contribution in [2.45, 2.75) is 39.0 Å². The Bertz CT molecular complexity index is 682. The number of piperidine rings is 1. The predicted octanol–water partition coefficient (Wildman–Crippen LogP) is 2.38. The Balaban J connectivity index is 1.34. The zero-order chi connectivity index (χ0) is 18.1. The molecule has 0 unspecified atom stereocenters. The van der Waals surface area contributed by atoms with E-state index in [9.17, 15) is 9.59 Å². The van der Waals surface area contributed by atoms with Crippen LogP contribution in [-0.4, -0.2) is 48.0 Å². The summed E-state index contributed by atoms with van der Waals surface area (Å²) >= 11 is 0. The molecule has 1 spiro atoms. The predicted molar refractivity (Wildman–Crippen MR) is 97.5 cm³/mol. The van der Waals surface area contributed by atoms with Crippen molar-refractivity contribution in [3.63, 3.8) is 0 Å². The molecule has 1 N–H and O–H groups in total. The fraction of sp³-hybridized carbons (Fsp3) is 0.650. The number of nitrogens with zero attached hydrogens (tertiary/aromatic N) is 2. The first-order chi connectivity index (χ1) is 12.6. The summed E-state index contributed by atoms with van der Waals surface area (Å²) in [6.07, 6.45) is 6.45. The smallest absolute Gasteiger partial charge is 0.230 e. The van der Waals surface area contributed by atoms with Crippen LogP contribution in [0.15, 0.2) is 18.3 Å². The summed E-state index contributed by atoms with van der Waals surface area (Å²) in [4.78, 5) is 31.7. The van der Waals surface area contributed by atoms with Crippen LogP contribution in [0.25, 0.3) is 0 Å². The first kappa shape index (κ1) is 17.5. The zero-order valence-electron chi connectivity index (χ0n) is 15.4. The summed E-state index contributed by atoms with van der Waals surface area (Å²) in [5.74, 6) is 0.785. The molecule has 3 heterocycles. The van der Waals surface area contributed by atoms with Gasteiger partial charge in [-0.1, -0.05) is 6.07 Å². The standard InChI is InChI=1S/C20H27N3O3/c1-14-4-5-17(21-12-14)22-18(24)15-3-2-8-23(13-15)19(25)16-11-20(16)6-9-26-10-7-20/h4-5,12,15-16H,2-3,6-11,13H2,1H3,(H,21,22,24)/t15-,16+/m1/s1. The fourth-order valence-corrected chi connectivity index (χ4v) is 4.41. The van der Waals surface area contributed by atoms with Gasteiger partial charge in [-0.15, -0.1) is 0 Å². The molecular weight excluding hydrogens is 330 g/mol. The number of carbonyl (C=O) groups is 2. The minimum atomic E-state index is -0.153. The zero-order valence-corrected chi connectivity index (χ0v) is 15.4. The highest BCUT2D eigenvalue weighted by atomic mass is 16.5. The molecule has 0 radical (unpaired) electrons. The van der Waals surface area contributed by atoms with E-state index in [1.165, 1.54) is 0 Å². The van der Waals surface area contributed by atoms with Gasteiger partial charge in [0.05, 0.1) is 5.92 Å². The second kappa shape index (κ2) is 6.99. The Morgan fingerprint density at radius 2 is 2.12 bits per heavy atom. The Kier molecular flexibility index (Phi) is 4.69. The molecule has 2 atom stereocenters. The lowest BCUT2D eigenvalue weighted by molar-refractivity contribution is -0.137. The van der Waals surface area contributed by atoms with Crippen LogP contribution < -0.4 is 5.32 Å². The number of aryl methyl sites for hydroxylation is 1. The van der Waals surface area contributed by atoms with Gasteiger partial charge in [0, 0.05) is 38.4 Å². The maximum Gasteiger partial charge on any atom is 0.230 e. The number of hydrogen-bond donors (Lipinski definition) is 1. The maximum atomic E-state index is 12.9. The van der Waals surface area contributed by atoms with Crippen LogP contribution in [0, 0.1) is 24.2 Å². The third-order valence-corrected chi connectivity index (χ3v) is 6.24. The van der Waals surface area contributed by atoms with Crippen molar-refractivity contribution in [1.29, 1.82) is 0 Å². The quantitative estimate of drug-likeness (QED) is 0.902. The van der Waals surface area contributed by atoms with Crippen molar-refractivity contribution in [1.82, 2.24) is 9.88 Å². The van der Waals surface area contributed by atoms with E-state index < -0.39 is 0 Å². The number of rotatable bonds is 3. The van der Waals surface area contributed by atoms with Gasteiger partial charge in [0.2, 0.25) is 11.8 Å². The number of carbonyl (C=O) groups excluding carboxylic acids is 2. The molecule has 4 rings (SSSR count). The van der Waals surface area contributed by atoms with Crippen LogP contribution in [0.2, 0.25) is 0 Å². The first-order valence-corrected chi connectivity index (χ1v) is 9.67. The van der Waals surface area contributed by atoms with Crippen LogP contribution in [0.3, 0.4) is 0 Å². The summed E-state index contributed by atoms with van der Waals surface area (Å²) < 4.78 is 5.45. The van der Waals surface area contributed by atoms with E-state index >= 15 is 0 Å². The van der Waals surface area contributed by atoms with Crippen LogP contribution in [0.4, 0.5) is 5.82 Å². The molecule has 2 saturated heterocycles. The van der Waals surface area contributed by atoms with Crippen LogP contribution >= 0.6 is 0 Å². The molecular formula is C20H27N3O3. The van der Waals surface area contributed by atoms with E-state index in [2.05, 4.69) is 10.3 Å². The van der Waals surface area contributed by atoms with Gasteiger partial charge in [0.1, 0.15) is 5.82 Å². The third-order valence-electron chi connectivity index (χ3n) is 6.24. The highest BCUT2D eigenvalue weighted by Crippen LogP contribution is 2.59. The van der Waals surface area contributed by atoms with Gasteiger partial charge in [-0.05, 0) is 56.1 Å². The number of hydrogen-bond acceptors (Lipinski definition) is 4. The number of nitrogens with one attached hydrogen (secondary N) is 1. The average Bonchev–Trinajstić information content (AvgIpc) is 3.36. The van der Waals surface area contributed by atoms with Gasteiger partial charge in [0.25, 0.3) is 0 Å². The SMILES string of the molecule is Cc1ccc(NC(=O)[C@@H]2CCCN(C(=O)[C@@H]3CC34CCOCC4)C2)nc1. The topological polar surface area (TPSA) is 71.5 Å². The van der Waals surface area contributed by atoms with Crippen LogP contribution in [0.5, 0.6) is 0 Å². The molecule has 0 aromatic carbocycles. The normalized spacial score (nSPS) is 27.2. The Morgan fingerprint density at radius 3 is 2.85 bits per heavy atom. The summed E-state index contributed by atoms with van der Waals surface area (Å²) in [6, 6.07) is 3.75. The molecule has 2 amide bonds. The molecule has 6 heteroatoms. The summed E-state index contributed by atoms with van der Waals surface area (Å²) in [7, 11) is 0. The molecule has 1 aliphatic carbocycles. The second-order valence-corrected chi connectivity index (χ2v) is 8.06. The average molecular weight is 357 g/mol. The summed E-state index contributed by atoms with van der Waals surface area (Å²) in [6.45, 7) is 4.82. The van der Waals surface area contributed by atoms with Crippen molar-refractivity contribution in [3.8, 4) is 0 Å². The summed E-state index contributed by atoms with van der Waals surface area (Å²) in [5.41, 5.74) is 1.25. The van der Waals surface area contributed by atoms with Crippen molar-refractivity contribution in [2.24, 2.45) is 17.3 Å². The maximum absolute atomic E-state index is 12.9. The van der Waals surface area contributed by atoms with Gasteiger partial charge >= 0.3 is 0 Å². The highest BCUT2D eigenvalue weighted by molar-refractivity contribution is 5.92. The van der Waals surface area contributed by atoms with Crippen molar-refractivity contribution in [2.75, 3.05) is 31.6 Å². The molecule has 1 saturated carbocycles. The number of amides is 2. The lowest BCUT2D eigenvalue weighted by atomic mass is 9.92. The molecule has 3 fully saturated rings. The fourth-order valence-electron chi connectivity index (χ4n) is 4.41. The van der Waals surface area contributed by atoms with E-state index in [1.807, 2.05) is 24.0 Å². The Morgan fingerprint density at radius 1 is 1.31 bits per heavy atom. The van der Waals surface area contributed by atoms with E-state index in [1.54, 1.807) is 6.20 Å². The summed E-state index contributed by atoms with van der Waals surface area (Å²) in [5, 5.41) is 2.90.